The number of fused-ring (bicyclic) bond motifs is 1. The SMILES string of the molecule is COc1cccc(-c2ccc3c(c2)NC(=O)N(c2csc(-c4ccncc4)n2)C3)c1. The van der Waals surface area contributed by atoms with E-state index in [0.717, 1.165) is 38.7 Å². The number of methoxy groups -OCH3 is 1. The molecule has 0 saturated heterocycles. The van der Waals surface area contributed by atoms with E-state index >= 15 is 0 Å². The van der Waals surface area contributed by atoms with Crippen LogP contribution in [-0.2, 0) is 6.54 Å². The number of nitrogens with one attached hydrogen (secondary N) is 1. The number of urea groups is 1. The lowest BCUT2D eigenvalue weighted by Crippen LogP contribution is -2.38. The molecule has 0 saturated carbocycles. The second kappa shape index (κ2) is 7.61. The summed E-state index contributed by atoms with van der Waals surface area (Å²) in [5, 5.41) is 5.77. The monoisotopic (exact) mass is 414 g/mol. The summed E-state index contributed by atoms with van der Waals surface area (Å²) in [4.78, 5) is 23.2. The number of anilines is 2. The maximum atomic E-state index is 12.8. The highest BCUT2D eigenvalue weighted by Crippen LogP contribution is 2.34. The molecule has 4 aromatic rings. The van der Waals surface area contributed by atoms with Gasteiger partial charge in [-0.15, -0.1) is 11.3 Å². The summed E-state index contributed by atoms with van der Waals surface area (Å²) in [6.07, 6.45) is 3.47. The Hall–Kier alpha value is -3.71. The van der Waals surface area contributed by atoms with E-state index in [2.05, 4.69) is 21.4 Å². The molecular formula is C23H18N4O2S. The van der Waals surface area contributed by atoms with Crippen molar-refractivity contribution in [3.05, 3.63) is 77.9 Å². The van der Waals surface area contributed by atoms with Crippen LogP contribution in [0.3, 0.4) is 0 Å². The van der Waals surface area contributed by atoms with Crippen molar-refractivity contribution in [1.29, 1.82) is 0 Å². The van der Waals surface area contributed by atoms with E-state index in [1.165, 1.54) is 11.3 Å². The fourth-order valence-corrected chi connectivity index (χ4v) is 4.25. The first-order valence-electron chi connectivity index (χ1n) is 9.43. The minimum absolute atomic E-state index is 0.183. The predicted molar refractivity (Wildman–Crippen MR) is 119 cm³/mol. The molecule has 1 aliphatic rings. The molecule has 1 N–H and O–H groups in total. The number of ether oxygens (including phenoxy) is 1. The van der Waals surface area contributed by atoms with Crippen molar-refractivity contribution in [2.24, 2.45) is 0 Å². The summed E-state index contributed by atoms with van der Waals surface area (Å²) in [5.74, 6) is 1.45. The Balaban J connectivity index is 1.42. The van der Waals surface area contributed by atoms with Crippen LogP contribution in [0.15, 0.2) is 72.4 Å². The third-order valence-corrected chi connectivity index (χ3v) is 5.90. The van der Waals surface area contributed by atoms with Crippen LogP contribution in [0.2, 0.25) is 0 Å². The number of carbonyl (C=O) groups is 1. The molecule has 0 aliphatic carbocycles. The lowest BCUT2D eigenvalue weighted by Gasteiger charge is -2.28. The van der Waals surface area contributed by atoms with E-state index in [9.17, 15) is 4.79 Å². The van der Waals surface area contributed by atoms with Gasteiger partial charge < -0.3 is 10.1 Å². The molecule has 0 radical (unpaired) electrons. The van der Waals surface area contributed by atoms with Crippen LogP contribution in [0.25, 0.3) is 21.7 Å². The fraction of sp³-hybridized carbons (Fsp3) is 0.0870. The molecule has 0 unspecified atom stereocenters. The Morgan fingerprint density at radius 2 is 1.87 bits per heavy atom. The molecule has 2 aromatic heterocycles. The lowest BCUT2D eigenvalue weighted by molar-refractivity contribution is 0.256. The number of hydrogen-bond acceptors (Lipinski definition) is 5. The summed E-state index contributed by atoms with van der Waals surface area (Å²) >= 11 is 1.51. The molecule has 3 heterocycles. The van der Waals surface area contributed by atoms with E-state index < -0.39 is 0 Å². The van der Waals surface area contributed by atoms with Gasteiger partial charge in [0.2, 0.25) is 0 Å². The summed E-state index contributed by atoms with van der Waals surface area (Å²) in [7, 11) is 1.65. The quantitative estimate of drug-likeness (QED) is 0.483. The summed E-state index contributed by atoms with van der Waals surface area (Å²) in [6, 6.07) is 17.6. The van der Waals surface area contributed by atoms with Gasteiger partial charge in [-0.05, 0) is 47.0 Å². The van der Waals surface area contributed by atoms with Crippen molar-refractivity contribution >= 4 is 28.9 Å². The van der Waals surface area contributed by atoms with Crippen molar-refractivity contribution < 1.29 is 9.53 Å². The fourth-order valence-electron chi connectivity index (χ4n) is 3.44. The Bertz CT molecular complexity index is 1220. The topological polar surface area (TPSA) is 67.3 Å². The number of pyridine rings is 1. The van der Waals surface area contributed by atoms with Gasteiger partial charge in [0.1, 0.15) is 16.6 Å². The minimum atomic E-state index is -0.183. The zero-order valence-corrected chi connectivity index (χ0v) is 17.0. The van der Waals surface area contributed by atoms with Gasteiger partial charge in [-0.25, -0.2) is 9.78 Å². The zero-order chi connectivity index (χ0) is 20.5. The Morgan fingerprint density at radius 3 is 2.70 bits per heavy atom. The standard InChI is InChI=1S/C23H18N4O2S/c1-29-19-4-2-3-16(11-19)17-5-6-18-13-27(23(28)25-20(18)12-17)21-14-30-22(26-21)15-7-9-24-10-8-15/h2-12,14H,13H2,1H3,(H,25,28). The van der Waals surface area contributed by atoms with Crippen molar-refractivity contribution in [3.63, 3.8) is 0 Å². The summed E-state index contributed by atoms with van der Waals surface area (Å²) in [6.45, 7) is 0.471. The molecule has 0 fully saturated rings. The largest absolute Gasteiger partial charge is 0.497 e. The van der Waals surface area contributed by atoms with Gasteiger partial charge in [0.05, 0.1) is 13.7 Å². The third kappa shape index (κ3) is 3.40. The first kappa shape index (κ1) is 18.3. The number of carbonyl (C=O) groups excluding carboxylic acids is 1. The van der Waals surface area contributed by atoms with Crippen molar-refractivity contribution in [1.82, 2.24) is 9.97 Å². The van der Waals surface area contributed by atoms with Gasteiger partial charge in [0.25, 0.3) is 0 Å². The molecule has 7 heteroatoms. The number of aromatic nitrogens is 2. The lowest BCUT2D eigenvalue weighted by atomic mass is 10.0. The molecule has 1 aliphatic heterocycles. The average Bonchev–Trinajstić information content (AvgIpc) is 3.29. The molecule has 5 rings (SSSR count). The van der Waals surface area contributed by atoms with E-state index in [1.54, 1.807) is 24.4 Å². The zero-order valence-electron chi connectivity index (χ0n) is 16.2. The van der Waals surface area contributed by atoms with Crippen LogP contribution in [0.5, 0.6) is 5.75 Å². The van der Waals surface area contributed by atoms with Crippen LogP contribution in [-0.4, -0.2) is 23.1 Å². The average molecular weight is 414 g/mol. The van der Waals surface area contributed by atoms with Crippen molar-refractivity contribution in [3.8, 4) is 27.4 Å². The normalized spacial score (nSPS) is 13.0. The Kier molecular flexibility index (Phi) is 4.65. The van der Waals surface area contributed by atoms with Crippen LogP contribution in [0.4, 0.5) is 16.3 Å². The van der Waals surface area contributed by atoms with Crippen LogP contribution in [0.1, 0.15) is 5.56 Å². The van der Waals surface area contributed by atoms with E-state index in [4.69, 9.17) is 4.74 Å². The van der Waals surface area contributed by atoms with Crippen LogP contribution >= 0.6 is 11.3 Å². The molecular weight excluding hydrogens is 396 g/mol. The number of thiazole rings is 1. The third-order valence-electron chi connectivity index (χ3n) is 5.02. The van der Waals surface area contributed by atoms with Gasteiger partial charge in [0.15, 0.2) is 0 Å². The summed E-state index contributed by atoms with van der Waals surface area (Å²) < 4.78 is 5.32. The number of rotatable bonds is 4. The van der Waals surface area contributed by atoms with Crippen LogP contribution in [0, 0.1) is 0 Å². The second-order valence-electron chi connectivity index (χ2n) is 6.87. The van der Waals surface area contributed by atoms with Crippen molar-refractivity contribution in [2.75, 3.05) is 17.3 Å². The molecule has 2 aromatic carbocycles. The van der Waals surface area contributed by atoms with Gasteiger partial charge in [0, 0.05) is 29.0 Å². The van der Waals surface area contributed by atoms with Gasteiger partial charge in [-0.2, -0.15) is 0 Å². The van der Waals surface area contributed by atoms with Gasteiger partial charge in [-0.3, -0.25) is 9.88 Å². The maximum absolute atomic E-state index is 12.8. The highest BCUT2D eigenvalue weighted by molar-refractivity contribution is 7.13. The molecule has 30 heavy (non-hydrogen) atoms. The number of benzene rings is 2. The number of nitrogens with zero attached hydrogens (tertiary/aromatic N) is 3. The highest BCUT2D eigenvalue weighted by Gasteiger charge is 2.26. The van der Waals surface area contributed by atoms with Gasteiger partial charge >= 0.3 is 6.03 Å². The summed E-state index contributed by atoms with van der Waals surface area (Å²) in [5.41, 5.74) is 4.91. The Morgan fingerprint density at radius 1 is 1.03 bits per heavy atom. The molecule has 6 nitrogen and oxygen atoms in total. The first-order chi connectivity index (χ1) is 14.7. The van der Waals surface area contributed by atoms with Crippen LogP contribution < -0.4 is 15.0 Å². The maximum Gasteiger partial charge on any atom is 0.327 e. The number of hydrogen-bond donors (Lipinski definition) is 1. The van der Waals surface area contributed by atoms with E-state index in [1.807, 2.05) is 53.9 Å². The number of amides is 2. The first-order valence-corrected chi connectivity index (χ1v) is 10.3. The molecule has 2 amide bonds. The predicted octanol–water partition coefficient (Wildman–Crippen LogP) is 5.43. The second-order valence-corrected chi connectivity index (χ2v) is 7.73. The molecule has 0 spiro atoms. The van der Waals surface area contributed by atoms with E-state index in [0.29, 0.717) is 12.4 Å². The molecule has 0 bridgehead atoms. The minimum Gasteiger partial charge on any atom is -0.497 e. The molecule has 0 atom stereocenters. The van der Waals surface area contributed by atoms with Gasteiger partial charge in [-0.1, -0.05) is 24.3 Å². The Labute approximate surface area is 177 Å². The van der Waals surface area contributed by atoms with E-state index in [-0.39, 0.29) is 6.03 Å². The highest BCUT2D eigenvalue weighted by atomic mass is 32.1. The smallest absolute Gasteiger partial charge is 0.327 e. The van der Waals surface area contributed by atoms with Crippen molar-refractivity contribution in [2.45, 2.75) is 6.54 Å². The molecule has 148 valence electrons.